The van der Waals surface area contributed by atoms with Crippen LogP contribution in [0.25, 0.3) is 0 Å². The number of aliphatic hydroxyl groups is 1. The Balaban J connectivity index is 2.24. The van der Waals surface area contributed by atoms with Crippen LogP contribution >= 0.6 is 0 Å². The largest absolute Gasteiger partial charge is 0.385 e. The first-order valence-electron chi connectivity index (χ1n) is 3.97. The molecule has 1 rings (SSSR count). The maximum atomic E-state index is 11.0. The summed E-state index contributed by atoms with van der Waals surface area (Å²) >= 11 is 0. The molecule has 58 valence electrons. The Hall–Kier alpha value is -0.370. The minimum absolute atomic E-state index is 0.0712. The Morgan fingerprint density at radius 3 is 2.70 bits per heavy atom. The van der Waals surface area contributed by atoms with Crippen LogP contribution in [0.1, 0.15) is 32.6 Å². The molecular weight excluding hydrogens is 128 g/mol. The third-order valence-electron chi connectivity index (χ3n) is 1.87. The molecule has 10 heavy (non-hydrogen) atoms. The first kappa shape index (κ1) is 7.73. The van der Waals surface area contributed by atoms with Crippen molar-refractivity contribution in [3.05, 3.63) is 0 Å². The van der Waals surface area contributed by atoms with Gasteiger partial charge in [0.1, 0.15) is 6.10 Å². The Kier molecular flexibility index (Phi) is 2.44. The fraction of sp³-hybridized carbons (Fsp3) is 0.875. The number of rotatable bonds is 4. The molecule has 2 heteroatoms. The lowest BCUT2D eigenvalue weighted by atomic mass is 10.1. The first-order valence-corrected chi connectivity index (χ1v) is 3.97. The second-order valence-corrected chi connectivity index (χ2v) is 2.98. The summed E-state index contributed by atoms with van der Waals surface area (Å²) in [5.74, 6) is 0.281. The molecule has 1 unspecified atom stereocenters. The normalized spacial score (nSPS) is 20.6. The molecule has 1 fully saturated rings. The van der Waals surface area contributed by atoms with Gasteiger partial charge in [0.05, 0.1) is 0 Å². The average Bonchev–Trinajstić information content (AvgIpc) is 2.68. The monoisotopic (exact) mass is 142 g/mol. The maximum absolute atomic E-state index is 11.0. The number of hydrogen-bond donors (Lipinski definition) is 1. The lowest BCUT2D eigenvalue weighted by Crippen LogP contribution is -2.21. The molecular formula is C8H14O2. The molecule has 0 aromatic rings. The van der Waals surface area contributed by atoms with Gasteiger partial charge in [-0.2, -0.15) is 0 Å². The highest BCUT2D eigenvalue weighted by molar-refractivity contribution is 5.87. The van der Waals surface area contributed by atoms with Crippen LogP contribution in [0.3, 0.4) is 0 Å². The van der Waals surface area contributed by atoms with Crippen molar-refractivity contribution in [2.75, 3.05) is 0 Å². The first-order chi connectivity index (χ1) is 4.75. The van der Waals surface area contributed by atoms with Crippen LogP contribution in [0.15, 0.2) is 0 Å². The van der Waals surface area contributed by atoms with Crippen molar-refractivity contribution in [2.45, 2.75) is 38.7 Å². The Morgan fingerprint density at radius 2 is 2.30 bits per heavy atom. The average molecular weight is 142 g/mol. The van der Waals surface area contributed by atoms with Crippen LogP contribution in [0, 0.1) is 5.92 Å². The van der Waals surface area contributed by atoms with E-state index in [1.54, 1.807) is 0 Å². The molecule has 0 amide bonds. The Bertz CT molecular complexity index is 127. The highest BCUT2D eigenvalue weighted by atomic mass is 16.3. The van der Waals surface area contributed by atoms with Crippen molar-refractivity contribution in [1.29, 1.82) is 0 Å². The van der Waals surface area contributed by atoms with Gasteiger partial charge in [0.25, 0.3) is 0 Å². The van der Waals surface area contributed by atoms with Crippen LogP contribution in [0.5, 0.6) is 0 Å². The van der Waals surface area contributed by atoms with Gasteiger partial charge in [-0.1, -0.05) is 13.3 Å². The second kappa shape index (κ2) is 3.15. The number of carbonyl (C=O) groups excluding carboxylic acids is 1. The van der Waals surface area contributed by atoms with Crippen LogP contribution in [0.4, 0.5) is 0 Å². The molecule has 0 bridgehead atoms. The summed E-state index contributed by atoms with van der Waals surface area (Å²) in [5, 5.41) is 9.18. The number of carbonyl (C=O) groups is 1. The zero-order chi connectivity index (χ0) is 7.56. The molecule has 0 radical (unpaired) electrons. The van der Waals surface area contributed by atoms with E-state index in [0.29, 0.717) is 6.42 Å². The predicted octanol–water partition coefficient (Wildman–Crippen LogP) is 1.13. The summed E-state index contributed by atoms with van der Waals surface area (Å²) in [6, 6.07) is 0. The second-order valence-electron chi connectivity index (χ2n) is 2.98. The number of aliphatic hydroxyl groups excluding tert-OH is 1. The topological polar surface area (TPSA) is 37.3 Å². The van der Waals surface area contributed by atoms with Crippen molar-refractivity contribution in [3.63, 3.8) is 0 Å². The summed E-state index contributed by atoms with van der Waals surface area (Å²) in [7, 11) is 0. The molecule has 0 aromatic heterocycles. The Labute approximate surface area is 61.2 Å². The molecule has 1 atom stereocenters. The van der Waals surface area contributed by atoms with Crippen LogP contribution in [-0.2, 0) is 4.79 Å². The lowest BCUT2D eigenvalue weighted by Gasteiger charge is -2.05. The minimum atomic E-state index is -0.669. The van der Waals surface area contributed by atoms with Gasteiger partial charge in [0.2, 0.25) is 0 Å². The molecule has 1 N–H and O–H groups in total. The minimum Gasteiger partial charge on any atom is -0.385 e. The zero-order valence-electron chi connectivity index (χ0n) is 6.34. The van der Waals surface area contributed by atoms with Crippen molar-refractivity contribution < 1.29 is 9.90 Å². The Morgan fingerprint density at radius 1 is 1.70 bits per heavy atom. The standard InChI is InChI=1S/C8H14O2/c1-2-3-7(9)8(10)6-4-5-6/h6-7,9H,2-5H2,1H3. The number of Topliss-reactive ketones (excluding diaryl/α,β-unsaturated/α-hetero) is 1. The number of ketones is 1. The van der Waals surface area contributed by atoms with Gasteiger partial charge in [-0.3, -0.25) is 4.79 Å². The van der Waals surface area contributed by atoms with E-state index in [-0.39, 0.29) is 11.7 Å². The molecule has 0 aromatic carbocycles. The van der Waals surface area contributed by atoms with E-state index in [0.717, 1.165) is 19.3 Å². The molecule has 2 nitrogen and oxygen atoms in total. The van der Waals surface area contributed by atoms with Crippen molar-refractivity contribution in [2.24, 2.45) is 5.92 Å². The van der Waals surface area contributed by atoms with Crippen molar-refractivity contribution in [1.82, 2.24) is 0 Å². The van der Waals surface area contributed by atoms with E-state index in [4.69, 9.17) is 0 Å². The van der Waals surface area contributed by atoms with Crippen LogP contribution < -0.4 is 0 Å². The third kappa shape index (κ3) is 1.81. The molecule has 0 heterocycles. The van der Waals surface area contributed by atoms with Gasteiger partial charge < -0.3 is 5.11 Å². The smallest absolute Gasteiger partial charge is 0.164 e. The fourth-order valence-electron chi connectivity index (χ4n) is 1.06. The van der Waals surface area contributed by atoms with Gasteiger partial charge in [0, 0.05) is 5.92 Å². The van der Waals surface area contributed by atoms with Crippen LogP contribution in [-0.4, -0.2) is 17.0 Å². The lowest BCUT2D eigenvalue weighted by molar-refractivity contribution is -0.128. The summed E-state index contributed by atoms with van der Waals surface area (Å²) < 4.78 is 0. The molecule has 0 spiro atoms. The van der Waals surface area contributed by atoms with E-state index < -0.39 is 6.10 Å². The van der Waals surface area contributed by atoms with Gasteiger partial charge >= 0.3 is 0 Å². The predicted molar refractivity (Wildman–Crippen MR) is 38.6 cm³/mol. The summed E-state index contributed by atoms with van der Waals surface area (Å²) in [6.07, 6.45) is 2.85. The van der Waals surface area contributed by atoms with E-state index in [1.807, 2.05) is 6.92 Å². The van der Waals surface area contributed by atoms with Gasteiger partial charge in [-0.05, 0) is 19.3 Å². The maximum Gasteiger partial charge on any atom is 0.164 e. The highest BCUT2D eigenvalue weighted by Crippen LogP contribution is 2.31. The van der Waals surface area contributed by atoms with Crippen molar-refractivity contribution in [3.8, 4) is 0 Å². The summed E-state index contributed by atoms with van der Waals surface area (Å²) in [4.78, 5) is 11.0. The molecule has 0 aliphatic heterocycles. The SMILES string of the molecule is CCCC(O)C(=O)C1CC1. The summed E-state index contributed by atoms with van der Waals surface area (Å²) in [5.41, 5.74) is 0. The summed E-state index contributed by atoms with van der Waals surface area (Å²) in [6.45, 7) is 1.98. The quantitative estimate of drug-likeness (QED) is 0.638. The van der Waals surface area contributed by atoms with Gasteiger partial charge in [0.15, 0.2) is 5.78 Å². The van der Waals surface area contributed by atoms with E-state index >= 15 is 0 Å². The highest BCUT2D eigenvalue weighted by Gasteiger charge is 2.33. The fourth-order valence-corrected chi connectivity index (χ4v) is 1.06. The molecule has 1 aliphatic carbocycles. The third-order valence-corrected chi connectivity index (χ3v) is 1.87. The van der Waals surface area contributed by atoms with Crippen molar-refractivity contribution >= 4 is 5.78 Å². The molecule has 1 aliphatic rings. The number of hydrogen-bond acceptors (Lipinski definition) is 2. The molecule has 0 saturated heterocycles. The van der Waals surface area contributed by atoms with E-state index in [2.05, 4.69) is 0 Å². The van der Waals surface area contributed by atoms with Gasteiger partial charge in [-0.15, -0.1) is 0 Å². The van der Waals surface area contributed by atoms with Gasteiger partial charge in [-0.25, -0.2) is 0 Å². The zero-order valence-corrected chi connectivity index (χ0v) is 6.34. The molecule has 1 saturated carbocycles. The van der Waals surface area contributed by atoms with E-state index in [9.17, 15) is 9.90 Å². The van der Waals surface area contributed by atoms with Crippen LogP contribution in [0.2, 0.25) is 0 Å². The van der Waals surface area contributed by atoms with E-state index in [1.165, 1.54) is 0 Å².